The van der Waals surface area contributed by atoms with Gasteiger partial charge in [0.2, 0.25) is 10.0 Å². The minimum Gasteiger partial charge on any atom is -0.330 e. The van der Waals surface area contributed by atoms with Gasteiger partial charge in [0.25, 0.3) is 0 Å². The second kappa shape index (κ2) is 9.15. The molecule has 1 aromatic rings. The number of nitrogens with two attached hydrogens (primary N) is 1. The van der Waals surface area contributed by atoms with E-state index in [0.717, 1.165) is 38.0 Å². The highest BCUT2D eigenvalue weighted by Crippen LogP contribution is 2.10. The lowest BCUT2D eigenvalue weighted by atomic mass is 10.2. The fourth-order valence-electron chi connectivity index (χ4n) is 2.17. The minimum absolute atomic E-state index is 0.307. The Bertz CT molecular complexity index is 500. The van der Waals surface area contributed by atoms with Gasteiger partial charge < -0.3 is 10.6 Å². The van der Waals surface area contributed by atoms with Gasteiger partial charge in [-0.2, -0.15) is 0 Å². The molecule has 0 unspecified atom stereocenters. The van der Waals surface area contributed by atoms with Crippen molar-refractivity contribution in [1.82, 2.24) is 9.62 Å². The predicted octanol–water partition coefficient (Wildman–Crippen LogP) is 1.20. The summed E-state index contributed by atoms with van der Waals surface area (Å²) in [5, 5.41) is 0. The molecule has 0 spiro atoms. The molecule has 120 valence electrons. The largest absolute Gasteiger partial charge is 0.330 e. The van der Waals surface area contributed by atoms with Crippen LogP contribution in [0.3, 0.4) is 0 Å². The van der Waals surface area contributed by atoms with Crippen LogP contribution in [0.4, 0.5) is 0 Å². The molecule has 0 atom stereocenters. The first-order chi connectivity index (χ1) is 10.0. The van der Waals surface area contributed by atoms with Crippen LogP contribution in [0, 0.1) is 0 Å². The van der Waals surface area contributed by atoms with Gasteiger partial charge in [-0.05, 0) is 50.2 Å². The van der Waals surface area contributed by atoms with E-state index < -0.39 is 10.0 Å². The Morgan fingerprint density at radius 3 is 2.33 bits per heavy atom. The molecule has 0 aliphatic rings. The number of hydrogen-bond acceptors (Lipinski definition) is 4. The molecule has 21 heavy (non-hydrogen) atoms. The van der Waals surface area contributed by atoms with Crippen molar-refractivity contribution in [3.8, 4) is 0 Å². The van der Waals surface area contributed by atoms with Gasteiger partial charge in [0, 0.05) is 13.1 Å². The summed E-state index contributed by atoms with van der Waals surface area (Å²) >= 11 is 0. The molecule has 0 bridgehead atoms. The lowest BCUT2D eigenvalue weighted by Gasteiger charge is -2.19. The van der Waals surface area contributed by atoms with Gasteiger partial charge in [-0.25, -0.2) is 13.1 Å². The molecular weight excluding hydrogens is 286 g/mol. The Kier molecular flexibility index (Phi) is 7.88. The monoisotopic (exact) mass is 313 g/mol. The summed E-state index contributed by atoms with van der Waals surface area (Å²) in [5.41, 5.74) is 6.53. The van der Waals surface area contributed by atoms with Crippen molar-refractivity contribution in [2.75, 3.05) is 32.7 Å². The third-order valence-corrected chi connectivity index (χ3v) is 4.85. The number of likely N-dealkylation sites (N-methyl/N-ethyl adjacent to an activating group) is 1. The SMILES string of the molecule is CCCN(CC)CCNS(=O)(=O)c1ccc(CCN)cc1. The molecule has 0 aliphatic carbocycles. The Balaban J connectivity index is 2.56. The summed E-state index contributed by atoms with van der Waals surface area (Å²) < 4.78 is 27.0. The quantitative estimate of drug-likeness (QED) is 0.680. The third-order valence-electron chi connectivity index (χ3n) is 3.37. The molecule has 0 amide bonds. The first kappa shape index (κ1) is 18.1. The van der Waals surface area contributed by atoms with E-state index in [9.17, 15) is 8.42 Å². The Labute approximate surface area is 128 Å². The number of hydrogen-bond donors (Lipinski definition) is 2. The summed E-state index contributed by atoms with van der Waals surface area (Å²) in [6.07, 6.45) is 1.83. The molecular formula is C15H27N3O2S. The second-order valence-electron chi connectivity index (χ2n) is 5.01. The Hall–Kier alpha value is -0.950. The van der Waals surface area contributed by atoms with Gasteiger partial charge in [0.15, 0.2) is 0 Å². The maximum atomic E-state index is 12.2. The second-order valence-corrected chi connectivity index (χ2v) is 6.78. The molecule has 3 N–H and O–H groups in total. The van der Waals surface area contributed by atoms with Crippen LogP contribution in [0.2, 0.25) is 0 Å². The lowest BCUT2D eigenvalue weighted by Crippen LogP contribution is -2.35. The zero-order valence-electron chi connectivity index (χ0n) is 13.0. The van der Waals surface area contributed by atoms with Crippen LogP contribution >= 0.6 is 0 Å². The molecule has 1 rings (SSSR count). The summed E-state index contributed by atoms with van der Waals surface area (Å²) in [4.78, 5) is 2.54. The molecule has 0 saturated heterocycles. The number of sulfonamides is 1. The van der Waals surface area contributed by atoms with Crippen LogP contribution in [0.15, 0.2) is 29.2 Å². The molecule has 6 heteroatoms. The van der Waals surface area contributed by atoms with Crippen LogP contribution in [0.5, 0.6) is 0 Å². The Morgan fingerprint density at radius 1 is 1.14 bits per heavy atom. The maximum absolute atomic E-state index is 12.2. The van der Waals surface area contributed by atoms with E-state index in [1.807, 2.05) is 12.1 Å². The fourth-order valence-corrected chi connectivity index (χ4v) is 3.19. The molecule has 0 radical (unpaired) electrons. The van der Waals surface area contributed by atoms with Gasteiger partial charge in [-0.1, -0.05) is 26.0 Å². The van der Waals surface area contributed by atoms with Crippen molar-refractivity contribution in [1.29, 1.82) is 0 Å². The van der Waals surface area contributed by atoms with Crippen LogP contribution in [0.1, 0.15) is 25.8 Å². The minimum atomic E-state index is -3.42. The van der Waals surface area contributed by atoms with Crippen LogP contribution in [-0.2, 0) is 16.4 Å². The number of nitrogens with one attached hydrogen (secondary N) is 1. The van der Waals surface area contributed by atoms with Crippen LogP contribution in [0.25, 0.3) is 0 Å². The molecule has 0 aromatic heterocycles. The van der Waals surface area contributed by atoms with Gasteiger partial charge in [0.05, 0.1) is 4.90 Å². The molecule has 0 aliphatic heterocycles. The fraction of sp³-hybridized carbons (Fsp3) is 0.600. The van der Waals surface area contributed by atoms with E-state index in [2.05, 4.69) is 23.5 Å². The van der Waals surface area contributed by atoms with Gasteiger partial charge >= 0.3 is 0 Å². The molecule has 5 nitrogen and oxygen atoms in total. The standard InChI is InChI=1S/C15H27N3O2S/c1-3-12-18(4-2)13-11-17-21(19,20)15-7-5-14(6-8-15)9-10-16/h5-8,17H,3-4,9-13,16H2,1-2H3. The average molecular weight is 313 g/mol. The molecule has 0 fully saturated rings. The van der Waals surface area contributed by atoms with Crippen molar-refractivity contribution < 1.29 is 8.42 Å². The summed E-state index contributed by atoms with van der Waals surface area (Å²) in [6.45, 7) is 7.86. The van der Waals surface area contributed by atoms with Crippen molar-refractivity contribution in [3.05, 3.63) is 29.8 Å². The molecule has 0 saturated carbocycles. The van der Waals surface area contributed by atoms with E-state index in [0.29, 0.717) is 18.0 Å². The first-order valence-electron chi connectivity index (χ1n) is 7.54. The number of rotatable bonds is 10. The van der Waals surface area contributed by atoms with E-state index >= 15 is 0 Å². The highest BCUT2D eigenvalue weighted by molar-refractivity contribution is 7.89. The summed E-state index contributed by atoms with van der Waals surface area (Å²) in [6, 6.07) is 6.90. The Morgan fingerprint density at radius 2 is 1.81 bits per heavy atom. The smallest absolute Gasteiger partial charge is 0.240 e. The topological polar surface area (TPSA) is 75.4 Å². The zero-order valence-corrected chi connectivity index (χ0v) is 13.8. The normalized spacial score (nSPS) is 12.0. The van der Waals surface area contributed by atoms with Crippen molar-refractivity contribution >= 4 is 10.0 Å². The van der Waals surface area contributed by atoms with Gasteiger partial charge in [-0.15, -0.1) is 0 Å². The zero-order chi connectivity index (χ0) is 15.7. The van der Waals surface area contributed by atoms with Crippen molar-refractivity contribution in [2.24, 2.45) is 5.73 Å². The highest BCUT2D eigenvalue weighted by Gasteiger charge is 2.13. The lowest BCUT2D eigenvalue weighted by molar-refractivity contribution is 0.293. The maximum Gasteiger partial charge on any atom is 0.240 e. The average Bonchev–Trinajstić information content (AvgIpc) is 2.47. The molecule has 1 aromatic carbocycles. The summed E-state index contributed by atoms with van der Waals surface area (Å²) in [7, 11) is -3.42. The van der Waals surface area contributed by atoms with Crippen molar-refractivity contribution in [3.63, 3.8) is 0 Å². The van der Waals surface area contributed by atoms with Gasteiger partial charge in [0.1, 0.15) is 0 Å². The third kappa shape index (κ3) is 6.13. The molecule has 0 heterocycles. The predicted molar refractivity (Wildman–Crippen MR) is 86.8 cm³/mol. The number of benzene rings is 1. The van der Waals surface area contributed by atoms with Crippen molar-refractivity contribution in [2.45, 2.75) is 31.6 Å². The van der Waals surface area contributed by atoms with E-state index in [1.165, 1.54) is 0 Å². The van der Waals surface area contributed by atoms with E-state index in [4.69, 9.17) is 5.73 Å². The van der Waals surface area contributed by atoms with E-state index in [-0.39, 0.29) is 0 Å². The van der Waals surface area contributed by atoms with Crippen LogP contribution < -0.4 is 10.5 Å². The van der Waals surface area contributed by atoms with E-state index in [1.54, 1.807) is 12.1 Å². The number of nitrogens with zero attached hydrogens (tertiary/aromatic N) is 1. The first-order valence-corrected chi connectivity index (χ1v) is 9.02. The summed E-state index contributed by atoms with van der Waals surface area (Å²) in [5.74, 6) is 0. The van der Waals surface area contributed by atoms with Gasteiger partial charge in [-0.3, -0.25) is 0 Å². The highest BCUT2D eigenvalue weighted by atomic mass is 32.2. The van der Waals surface area contributed by atoms with Crippen LogP contribution in [-0.4, -0.2) is 46.0 Å².